The van der Waals surface area contributed by atoms with Crippen LogP contribution in [0.15, 0.2) is 11.6 Å². The summed E-state index contributed by atoms with van der Waals surface area (Å²) in [6.45, 7) is 17.6. The molecule has 0 radical (unpaired) electrons. The Bertz CT molecular complexity index is 1840. The Balaban J connectivity index is 0.000000182. The molecule has 400 valence electrons. The third kappa shape index (κ3) is 11.6. The van der Waals surface area contributed by atoms with Crippen molar-refractivity contribution in [1.82, 2.24) is 19.6 Å². The minimum atomic E-state index is -2.52. The molecule has 2 spiro atoms. The van der Waals surface area contributed by atoms with Crippen LogP contribution in [-0.4, -0.2) is 208 Å². The lowest BCUT2D eigenvalue weighted by atomic mass is 9.68. The fourth-order valence-corrected chi connectivity index (χ4v) is 12.8. The van der Waals surface area contributed by atoms with Gasteiger partial charge in [-0.3, -0.25) is 9.80 Å². The van der Waals surface area contributed by atoms with Crippen molar-refractivity contribution in [3.05, 3.63) is 11.6 Å². The zero-order chi connectivity index (χ0) is 50.6. The molecular formula is C51H82F4N4O11. The van der Waals surface area contributed by atoms with Gasteiger partial charge in [-0.15, -0.1) is 0 Å². The number of hydrogen-bond acceptors (Lipinski definition) is 13. The molecule has 0 aromatic heterocycles. The lowest BCUT2D eigenvalue weighted by Crippen LogP contribution is -2.59. The second-order valence-electron chi connectivity index (χ2n) is 23.3. The van der Waals surface area contributed by atoms with Crippen LogP contribution in [0.25, 0.3) is 0 Å². The summed E-state index contributed by atoms with van der Waals surface area (Å²) in [5.74, 6) is -3.68. The fourth-order valence-electron chi connectivity index (χ4n) is 12.8. The van der Waals surface area contributed by atoms with Crippen LogP contribution in [0.1, 0.15) is 99.3 Å². The van der Waals surface area contributed by atoms with Gasteiger partial charge in [0.25, 0.3) is 11.8 Å². The number of alkyl halides is 4. The first-order valence-corrected chi connectivity index (χ1v) is 26.0. The summed E-state index contributed by atoms with van der Waals surface area (Å²) in [6, 6.07) is 0. The number of allylic oxidation sites excluding steroid dienone is 1. The van der Waals surface area contributed by atoms with Crippen molar-refractivity contribution in [2.24, 2.45) is 29.6 Å². The number of carbonyl (C=O) groups is 2. The van der Waals surface area contributed by atoms with Crippen molar-refractivity contribution in [3.8, 4) is 0 Å². The van der Waals surface area contributed by atoms with E-state index in [1.807, 2.05) is 0 Å². The van der Waals surface area contributed by atoms with Gasteiger partial charge in [0, 0.05) is 47.5 Å². The number of methoxy groups -OCH3 is 2. The highest BCUT2D eigenvalue weighted by atomic mass is 19.3. The molecule has 2 aliphatic carbocycles. The summed E-state index contributed by atoms with van der Waals surface area (Å²) in [7, 11) is 4.36. The van der Waals surface area contributed by atoms with Gasteiger partial charge >= 0.3 is 12.2 Å². The van der Waals surface area contributed by atoms with Crippen LogP contribution in [0.5, 0.6) is 0 Å². The maximum absolute atomic E-state index is 13.0. The molecular weight excluding hydrogens is 921 g/mol. The van der Waals surface area contributed by atoms with Crippen molar-refractivity contribution in [3.63, 3.8) is 0 Å². The first kappa shape index (κ1) is 53.9. The van der Waals surface area contributed by atoms with Crippen LogP contribution in [0.2, 0.25) is 0 Å². The van der Waals surface area contributed by atoms with Gasteiger partial charge in [-0.1, -0.05) is 25.5 Å². The summed E-state index contributed by atoms with van der Waals surface area (Å²) in [5, 5.41) is 7.00. The second-order valence-corrected chi connectivity index (χ2v) is 23.3. The van der Waals surface area contributed by atoms with Crippen LogP contribution >= 0.6 is 0 Å². The minimum Gasteiger partial charge on any atom is -0.443 e. The van der Waals surface area contributed by atoms with Gasteiger partial charge in [0.1, 0.15) is 46.8 Å². The lowest BCUT2D eigenvalue weighted by molar-refractivity contribution is -0.134. The van der Waals surface area contributed by atoms with Crippen molar-refractivity contribution >= 4 is 12.2 Å². The predicted octanol–water partition coefficient (Wildman–Crippen LogP) is 6.63. The lowest BCUT2D eigenvalue weighted by Gasteiger charge is -2.45. The highest BCUT2D eigenvalue weighted by Gasteiger charge is 2.74. The maximum atomic E-state index is 13.0. The number of aliphatic hydroxyl groups is 1. The van der Waals surface area contributed by atoms with Gasteiger partial charge in [0.05, 0.1) is 63.4 Å². The van der Waals surface area contributed by atoms with Crippen molar-refractivity contribution in [1.29, 1.82) is 0 Å². The van der Waals surface area contributed by atoms with E-state index in [-0.39, 0.29) is 109 Å². The topological polar surface area (TPSA) is 154 Å². The molecule has 2 amide bonds. The largest absolute Gasteiger partial charge is 0.443 e. The summed E-state index contributed by atoms with van der Waals surface area (Å²) >= 11 is 0. The van der Waals surface area contributed by atoms with Crippen molar-refractivity contribution in [2.75, 3.05) is 100.0 Å². The smallest absolute Gasteiger partial charge is 0.410 e. The second kappa shape index (κ2) is 20.7. The van der Waals surface area contributed by atoms with Crippen molar-refractivity contribution in [2.45, 2.75) is 170 Å². The normalized spacial score (nSPS) is 40.0. The Labute approximate surface area is 412 Å². The first-order valence-electron chi connectivity index (χ1n) is 26.0. The molecule has 15 nitrogen and oxygen atoms in total. The molecule has 70 heavy (non-hydrogen) atoms. The van der Waals surface area contributed by atoms with E-state index in [1.54, 1.807) is 33.8 Å². The molecule has 0 aromatic carbocycles. The number of carbonyl (C=O) groups excluding carboxylic acids is 2. The third-order valence-electron chi connectivity index (χ3n) is 17.2. The number of hydrogen-bond donors (Lipinski definition) is 1. The summed E-state index contributed by atoms with van der Waals surface area (Å²) in [6.07, 6.45) is 8.42. The van der Waals surface area contributed by atoms with Crippen LogP contribution < -0.4 is 0 Å². The van der Waals surface area contributed by atoms with Crippen LogP contribution in [0, 0.1) is 29.6 Å². The number of halogens is 4. The van der Waals surface area contributed by atoms with E-state index in [9.17, 15) is 27.2 Å². The van der Waals surface area contributed by atoms with Gasteiger partial charge in [-0.2, -0.15) is 0 Å². The highest BCUT2D eigenvalue weighted by Crippen LogP contribution is 2.61. The van der Waals surface area contributed by atoms with Gasteiger partial charge in [-0.05, 0) is 116 Å². The Morgan fingerprint density at radius 1 is 0.686 bits per heavy atom. The number of epoxide rings is 4. The summed E-state index contributed by atoms with van der Waals surface area (Å²) < 4.78 is 100. The molecule has 12 atom stereocenters. The van der Waals surface area contributed by atoms with Gasteiger partial charge < -0.3 is 52.8 Å². The van der Waals surface area contributed by atoms with Crippen LogP contribution in [-0.2, 0) is 37.9 Å². The molecule has 1 N–H and O–H groups in total. The Morgan fingerprint density at radius 3 is 1.44 bits per heavy atom. The predicted molar refractivity (Wildman–Crippen MR) is 250 cm³/mol. The number of amides is 2. The van der Waals surface area contributed by atoms with Crippen molar-refractivity contribution < 1.29 is 70.2 Å². The quantitative estimate of drug-likeness (QED) is 0.0943. The Morgan fingerprint density at radius 2 is 1.09 bits per heavy atom. The summed E-state index contributed by atoms with van der Waals surface area (Å²) in [4.78, 5) is 32.7. The third-order valence-corrected chi connectivity index (χ3v) is 17.2. The zero-order valence-electron chi connectivity index (χ0n) is 43.1. The van der Waals surface area contributed by atoms with Gasteiger partial charge in [0.15, 0.2) is 0 Å². The minimum absolute atomic E-state index is 0.00547. The SMILES string of the molecule is CO.CO[C@@H]1[C@H](OC(=O)N2CC(CCN3CC(F)(F)C3)C2)CC[C@]2(CO2)[C@H]1[C@@]1(C)O[C@@H]1CC=C(C)C.CO[C@@H]1[C@H](OC(=O)N2CC(CCN3CC(F)(F)C3)C2)CC[C@]2(CO2)[C@H]1[C@@]1(C)O[C@@H]1CCC(C)C. The number of rotatable bonds is 17. The zero-order valence-corrected chi connectivity index (χ0v) is 43.1. The van der Waals surface area contributed by atoms with Gasteiger partial charge in [0.2, 0.25) is 0 Å². The number of nitrogens with zero attached hydrogens (tertiary/aromatic N) is 4. The Kier molecular flexibility index (Phi) is 16.0. The van der Waals surface area contributed by atoms with E-state index < -0.39 is 11.8 Å². The Hall–Kier alpha value is -2.36. The standard InChI is InChI=1S/C25H40F2N2O5.C25H38F2N2O5.CH4O/c2*1-16(2)5-6-19-23(3,34-19)21-20(31-4)18(7-9-24(21)15-32-24)33-22(30)29-11-17(12-29)8-10-28-13-25(26,27)14-28;1-2/h16-21H,5-15H2,1-4H3;5,17-21H,6-15H2,1-4H3;2H,1H3/t2*18-,19-,20-,21-,23+,24+;/m11./s1. The van der Waals surface area contributed by atoms with E-state index in [2.05, 4.69) is 47.6 Å². The monoisotopic (exact) mass is 1000 g/mol. The molecule has 8 aliphatic heterocycles. The number of likely N-dealkylation sites (tertiary alicyclic amines) is 4. The molecule has 0 bridgehead atoms. The molecule has 8 saturated heterocycles. The molecule has 19 heteroatoms. The van der Waals surface area contributed by atoms with Crippen LogP contribution in [0.3, 0.4) is 0 Å². The average Bonchev–Trinajstić information content (AvgIpc) is 4.14. The molecule has 2 saturated carbocycles. The maximum Gasteiger partial charge on any atom is 0.410 e. The molecule has 10 fully saturated rings. The van der Waals surface area contributed by atoms with Crippen LogP contribution in [0.4, 0.5) is 27.2 Å². The molecule has 0 aromatic rings. The van der Waals surface area contributed by atoms with E-state index in [1.165, 1.54) is 5.57 Å². The molecule has 8 heterocycles. The highest BCUT2D eigenvalue weighted by molar-refractivity contribution is 5.69. The molecule has 0 unspecified atom stereocenters. The fraction of sp³-hybridized carbons (Fsp3) is 0.922. The number of aliphatic hydroxyl groups excluding tert-OH is 1. The van der Waals surface area contributed by atoms with E-state index in [4.69, 9.17) is 43.0 Å². The molecule has 10 aliphatic rings. The number of ether oxygens (including phenoxy) is 8. The molecule has 10 rings (SSSR count). The van der Waals surface area contributed by atoms with E-state index >= 15 is 0 Å². The summed E-state index contributed by atoms with van der Waals surface area (Å²) in [5.41, 5.74) is 0.134. The first-order chi connectivity index (χ1) is 33.1. The van der Waals surface area contributed by atoms with E-state index in [0.29, 0.717) is 83.1 Å². The average molecular weight is 1000 g/mol. The van der Waals surface area contributed by atoms with E-state index in [0.717, 1.165) is 52.1 Å². The van der Waals surface area contributed by atoms with Gasteiger partial charge in [-0.25, -0.2) is 27.2 Å².